The Hall–Kier alpha value is -1.77. The number of hydrogen-bond donors (Lipinski definition) is 1. The molecule has 0 heterocycles. The summed E-state index contributed by atoms with van der Waals surface area (Å²) in [6.45, 7) is 3.47. The molecule has 0 aliphatic heterocycles. The minimum Gasteiger partial charge on any atom is -0.497 e. The molecular formula is C13H16O3. The van der Waals surface area contributed by atoms with Gasteiger partial charge in [-0.3, -0.25) is 0 Å². The molecule has 3 heteroatoms. The first-order chi connectivity index (χ1) is 7.54. The predicted molar refractivity (Wildman–Crippen MR) is 62.7 cm³/mol. The van der Waals surface area contributed by atoms with E-state index in [1.807, 2.05) is 31.2 Å². The van der Waals surface area contributed by atoms with Gasteiger partial charge in [0.2, 0.25) is 0 Å². The van der Waals surface area contributed by atoms with Gasteiger partial charge in [0.1, 0.15) is 5.75 Å². The Bertz CT molecular complexity index is 402. The first-order valence-corrected chi connectivity index (χ1v) is 5.07. The topological polar surface area (TPSA) is 46.5 Å². The molecule has 86 valence electrons. The van der Waals surface area contributed by atoms with Gasteiger partial charge in [-0.25, -0.2) is 4.79 Å². The van der Waals surface area contributed by atoms with Crippen LogP contribution in [0.5, 0.6) is 5.75 Å². The summed E-state index contributed by atoms with van der Waals surface area (Å²) in [5.74, 6) is -0.0497. The number of hydrogen-bond acceptors (Lipinski definition) is 2. The van der Waals surface area contributed by atoms with Crippen molar-refractivity contribution in [2.75, 3.05) is 7.11 Å². The van der Waals surface area contributed by atoms with Crippen molar-refractivity contribution in [1.29, 1.82) is 0 Å². The molecule has 0 unspecified atom stereocenters. The maximum absolute atomic E-state index is 10.8. The van der Waals surface area contributed by atoms with Gasteiger partial charge in [0.15, 0.2) is 0 Å². The molecule has 0 fully saturated rings. The van der Waals surface area contributed by atoms with Crippen molar-refractivity contribution in [2.45, 2.75) is 20.3 Å². The summed E-state index contributed by atoms with van der Waals surface area (Å²) in [6, 6.07) is 7.63. The van der Waals surface area contributed by atoms with Crippen LogP contribution in [0.2, 0.25) is 0 Å². The molecule has 0 saturated heterocycles. The highest BCUT2D eigenvalue weighted by Gasteiger charge is 2.05. The summed E-state index contributed by atoms with van der Waals surface area (Å²) in [5, 5.41) is 8.83. The molecule has 1 rings (SSSR count). The van der Waals surface area contributed by atoms with E-state index in [9.17, 15) is 4.79 Å². The van der Waals surface area contributed by atoms with E-state index in [2.05, 4.69) is 0 Å². The lowest BCUT2D eigenvalue weighted by Gasteiger charge is -2.05. The standard InChI is InChI=1S/C13H16O3/c1-9(10(2)13(14)15)8-11-4-6-12(16-3)7-5-11/h4-7H,8H2,1-3H3,(H,14,15). The average Bonchev–Trinajstić information content (AvgIpc) is 2.28. The third kappa shape index (κ3) is 3.12. The van der Waals surface area contributed by atoms with Crippen LogP contribution in [-0.4, -0.2) is 18.2 Å². The lowest BCUT2D eigenvalue weighted by atomic mass is 10.0. The fourth-order valence-corrected chi connectivity index (χ4v) is 1.36. The molecule has 0 bridgehead atoms. The molecule has 0 amide bonds. The number of carbonyl (C=O) groups is 1. The van der Waals surface area contributed by atoms with E-state index >= 15 is 0 Å². The zero-order chi connectivity index (χ0) is 12.1. The highest BCUT2D eigenvalue weighted by atomic mass is 16.5. The van der Waals surface area contributed by atoms with Crippen molar-refractivity contribution in [3.8, 4) is 5.75 Å². The van der Waals surface area contributed by atoms with Crippen LogP contribution in [0.1, 0.15) is 19.4 Å². The monoisotopic (exact) mass is 220 g/mol. The number of benzene rings is 1. The molecule has 16 heavy (non-hydrogen) atoms. The molecule has 0 aliphatic rings. The van der Waals surface area contributed by atoms with Crippen LogP contribution in [0.15, 0.2) is 35.4 Å². The van der Waals surface area contributed by atoms with Gasteiger partial charge in [-0.15, -0.1) is 0 Å². The van der Waals surface area contributed by atoms with Crippen LogP contribution < -0.4 is 4.74 Å². The molecule has 1 aromatic rings. The SMILES string of the molecule is COc1ccc(CC(C)=C(C)C(=O)O)cc1. The molecule has 1 aromatic carbocycles. The van der Waals surface area contributed by atoms with Crippen molar-refractivity contribution < 1.29 is 14.6 Å². The van der Waals surface area contributed by atoms with E-state index < -0.39 is 5.97 Å². The fraction of sp³-hybridized carbons (Fsp3) is 0.308. The van der Waals surface area contributed by atoms with Gasteiger partial charge in [-0.1, -0.05) is 17.7 Å². The first kappa shape index (κ1) is 12.3. The maximum Gasteiger partial charge on any atom is 0.331 e. The van der Waals surface area contributed by atoms with Crippen LogP contribution in [0.4, 0.5) is 0 Å². The van der Waals surface area contributed by atoms with Gasteiger partial charge < -0.3 is 9.84 Å². The Balaban J connectivity index is 2.81. The number of rotatable bonds is 4. The highest BCUT2D eigenvalue weighted by molar-refractivity contribution is 5.86. The van der Waals surface area contributed by atoms with Crippen LogP contribution in [0.3, 0.4) is 0 Å². The Morgan fingerprint density at radius 2 is 1.81 bits per heavy atom. The number of carboxylic acid groups (broad SMARTS) is 1. The summed E-state index contributed by atoms with van der Waals surface area (Å²) in [6.07, 6.45) is 0.655. The molecule has 0 atom stereocenters. The van der Waals surface area contributed by atoms with Gasteiger partial charge >= 0.3 is 5.97 Å². The van der Waals surface area contributed by atoms with Crippen molar-refractivity contribution >= 4 is 5.97 Å². The first-order valence-electron chi connectivity index (χ1n) is 5.07. The number of carboxylic acids is 1. The van der Waals surface area contributed by atoms with E-state index in [1.165, 1.54) is 0 Å². The third-order valence-electron chi connectivity index (χ3n) is 2.59. The van der Waals surface area contributed by atoms with Gasteiger partial charge in [-0.2, -0.15) is 0 Å². The van der Waals surface area contributed by atoms with E-state index in [1.54, 1.807) is 14.0 Å². The average molecular weight is 220 g/mol. The van der Waals surface area contributed by atoms with Gasteiger partial charge in [0.05, 0.1) is 7.11 Å². The second-order valence-electron chi connectivity index (χ2n) is 3.74. The molecule has 0 spiro atoms. The summed E-state index contributed by atoms with van der Waals surface area (Å²) in [4.78, 5) is 10.8. The molecular weight excluding hydrogens is 204 g/mol. The van der Waals surface area contributed by atoms with E-state index in [4.69, 9.17) is 9.84 Å². The minimum absolute atomic E-state index is 0.413. The fourth-order valence-electron chi connectivity index (χ4n) is 1.36. The van der Waals surface area contributed by atoms with E-state index in [0.29, 0.717) is 12.0 Å². The summed E-state index contributed by atoms with van der Waals surface area (Å²) in [5.41, 5.74) is 2.37. The van der Waals surface area contributed by atoms with Crippen LogP contribution in [0.25, 0.3) is 0 Å². The van der Waals surface area contributed by atoms with Gasteiger partial charge in [0, 0.05) is 5.57 Å². The number of aliphatic carboxylic acids is 1. The van der Waals surface area contributed by atoms with Crippen molar-refractivity contribution in [2.24, 2.45) is 0 Å². The Morgan fingerprint density at radius 1 is 1.25 bits per heavy atom. The van der Waals surface area contributed by atoms with E-state index in [0.717, 1.165) is 16.9 Å². The molecule has 0 saturated carbocycles. The smallest absolute Gasteiger partial charge is 0.331 e. The normalized spacial score (nSPS) is 11.9. The second kappa shape index (κ2) is 5.35. The maximum atomic E-state index is 10.8. The quantitative estimate of drug-likeness (QED) is 0.793. The number of allylic oxidation sites excluding steroid dienone is 1. The molecule has 0 radical (unpaired) electrons. The van der Waals surface area contributed by atoms with Crippen molar-refractivity contribution in [1.82, 2.24) is 0 Å². The highest BCUT2D eigenvalue weighted by Crippen LogP contribution is 2.16. The summed E-state index contributed by atoms with van der Waals surface area (Å²) in [7, 11) is 1.62. The lowest BCUT2D eigenvalue weighted by molar-refractivity contribution is -0.132. The van der Waals surface area contributed by atoms with Crippen LogP contribution in [0, 0.1) is 0 Å². The van der Waals surface area contributed by atoms with Gasteiger partial charge in [0.25, 0.3) is 0 Å². The van der Waals surface area contributed by atoms with E-state index in [-0.39, 0.29) is 0 Å². The van der Waals surface area contributed by atoms with Crippen molar-refractivity contribution in [3.63, 3.8) is 0 Å². The third-order valence-corrected chi connectivity index (χ3v) is 2.59. The Morgan fingerprint density at radius 3 is 2.25 bits per heavy atom. The minimum atomic E-state index is -0.856. The summed E-state index contributed by atoms with van der Waals surface area (Å²) >= 11 is 0. The Kier molecular flexibility index (Phi) is 4.11. The van der Waals surface area contributed by atoms with Crippen molar-refractivity contribution in [3.05, 3.63) is 41.0 Å². The zero-order valence-corrected chi connectivity index (χ0v) is 9.78. The molecule has 0 aromatic heterocycles. The molecule has 0 aliphatic carbocycles. The number of ether oxygens (including phenoxy) is 1. The molecule has 3 nitrogen and oxygen atoms in total. The number of methoxy groups -OCH3 is 1. The van der Waals surface area contributed by atoms with Gasteiger partial charge in [-0.05, 0) is 38.0 Å². The van der Waals surface area contributed by atoms with Crippen LogP contribution >= 0.6 is 0 Å². The largest absolute Gasteiger partial charge is 0.497 e. The zero-order valence-electron chi connectivity index (χ0n) is 9.78. The summed E-state index contributed by atoms with van der Waals surface area (Å²) < 4.78 is 5.05. The van der Waals surface area contributed by atoms with Crippen LogP contribution in [-0.2, 0) is 11.2 Å². The molecule has 1 N–H and O–H groups in total. The Labute approximate surface area is 95.4 Å². The lowest BCUT2D eigenvalue weighted by Crippen LogP contribution is -2.01. The predicted octanol–water partition coefficient (Wildman–Crippen LogP) is 2.66. The second-order valence-corrected chi connectivity index (χ2v) is 3.74.